The molecule has 1 aromatic carbocycles. The molecular formula is C12H18N2. The maximum Gasteiger partial charge on any atom is 0.0340 e. The van der Waals surface area contributed by atoms with E-state index in [9.17, 15) is 0 Å². The lowest BCUT2D eigenvalue weighted by Crippen LogP contribution is -2.28. The van der Waals surface area contributed by atoms with Crippen molar-refractivity contribution in [2.24, 2.45) is 0 Å². The van der Waals surface area contributed by atoms with Crippen LogP contribution in [-0.2, 0) is 0 Å². The highest BCUT2D eigenvalue weighted by Crippen LogP contribution is 2.24. The van der Waals surface area contributed by atoms with Crippen LogP contribution in [0.5, 0.6) is 0 Å². The second-order valence-corrected chi connectivity index (χ2v) is 3.92. The van der Waals surface area contributed by atoms with Gasteiger partial charge in [0.25, 0.3) is 0 Å². The van der Waals surface area contributed by atoms with E-state index in [2.05, 4.69) is 34.9 Å². The molecule has 1 heterocycles. The zero-order valence-corrected chi connectivity index (χ0v) is 8.72. The number of hydrogen-bond acceptors (Lipinski definition) is 2. The Bertz CT molecular complexity index is 290. The van der Waals surface area contributed by atoms with Gasteiger partial charge in [-0.25, -0.2) is 0 Å². The highest BCUT2D eigenvalue weighted by atomic mass is 14.9. The fourth-order valence-corrected chi connectivity index (χ4v) is 2.08. The predicted molar refractivity (Wildman–Crippen MR) is 60.8 cm³/mol. The number of rotatable bonds is 2. The summed E-state index contributed by atoms with van der Waals surface area (Å²) in [6.07, 6.45) is 2.62. The lowest BCUT2D eigenvalue weighted by Gasteiger charge is -2.23. The standard InChI is InChI=1S/C12H18N2/c1-13-12-6-2-4-10(8-12)11-5-3-7-14-9-11/h2,4,6,8,11,13-14H,3,5,7,9H2,1H3. The van der Waals surface area contributed by atoms with E-state index in [1.54, 1.807) is 0 Å². The van der Waals surface area contributed by atoms with E-state index < -0.39 is 0 Å². The molecule has 0 spiro atoms. The van der Waals surface area contributed by atoms with E-state index in [1.807, 2.05) is 7.05 Å². The van der Waals surface area contributed by atoms with Gasteiger partial charge in [-0.05, 0) is 43.0 Å². The van der Waals surface area contributed by atoms with Crippen molar-refractivity contribution in [2.45, 2.75) is 18.8 Å². The third-order valence-electron chi connectivity index (χ3n) is 2.94. The van der Waals surface area contributed by atoms with Crippen molar-refractivity contribution >= 4 is 5.69 Å². The molecule has 1 aliphatic rings. The van der Waals surface area contributed by atoms with Gasteiger partial charge in [0.2, 0.25) is 0 Å². The predicted octanol–water partition coefficient (Wildman–Crippen LogP) is 2.20. The molecule has 0 amide bonds. The van der Waals surface area contributed by atoms with Crippen LogP contribution in [0.4, 0.5) is 5.69 Å². The first-order valence-corrected chi connectivity index (χ1v) is 5.38. The fourth-order valence-electron chi connectivity index (χ4n) is 2.08. The molecule has 0 bridgehead atoms. The van der Waals surface area contributed by atoms with Crippen molar-refractivity contribution < 1.29 is 0 Å². The van der Waals surface area contributed by atoms with E-state index in [0.717, 1.165) is 6.54 Å². The highest BCUT2D eigenvalue weighted by molar-refractivity contribution is 5.46. The minimum atomic E-state index is 0.706. The number of anilines is 1. The zero-order valence-electron chi connectivity index (χ0n) is 8.72. The largest absolute Gasteiger partial charge is 0.388 e. The molecule has 1 saturated heterocycles. The lowest BCUT2D eigenvalue weighted by molar-refractivity contribution is 0.462. The number of nitrogens with one attached hydrogen (secondary N) is 2. The average Bonchev–Trinajstić information content (AvgIpc) is 2.30. The van der Waals surface area contributed by atoms with Gasteiger partial charge in [0.05, 0.1) is 0 Å². The fraction of sp³-hybridized carbons (Fsp3) is 0.500. The van der Waals surface area contributed by atoms with Crippen molar-refractivity contribution in [1.29, 1.82) is 0 Å². The molecule has 2 heteroatoms. The minimum absolute atomic E-state index is 0.706. The van der Waals surface area contributed by atoms with Crippen LogP contribution in [-0.4, -0.2) is 20.1 Å². The summed E-state index contributed by atoms with van der Waals surface area (Å²) in [5.74, 6) is 0.706. The maximum atomic E-state index is 3.45. The second kappa shape index (κ2) is 4.47. The third-order valence-corrected chi connectivity index (χ3v) is 2.94. The van der Waals surface area contributed by atoms with Gasteiger partial charge in [0.1, 0.15) is 0 Å². The number of benzene rings is 1. The van der Waals surface area contributed by atoms with Crippen LogP contribution in [0.1, 0.15) is 24.3 Å². The van der Waals surface area contributed by atoms with Crippen molar-refractivity contribution in [3.63, 3.8) is 0 Å². The van der Waals surface area contributed by atoms with E-state index in [1.165, 1.54) is 30.6 Å². The van der Waals surface area contributed by atoms with E-state index in [0.29, 0.717) is 5.92 Å². The molecule has 14 heavy (non-hydrogen) atoms. The lowest BCUT2D eigenvalue weighted by atomic mass is 9.91. The van der Waals surface area contributed by atoms with Crippen LogP contribution in [0.15, 0.2) is 24.3 Å². The van der Waals surface area contributed by atoms with E-state index in [-0.39, 0.29) is 0 Å². The van der Waals surface area contributed by atoms with E-state index >= 15 is 0 Å². The first-order chi connectivity index (χ1) is 6.90. The summed E-state index contributed by atoms with van der Waals surface area (Å²) < 4.78 is 0. The Hall–Kier alpha value is -1.02. The molecule has 0 aromatic heterocycles. The van der Waals surface area contributed by atoms with Crippen molar-refractivity contribution in [3.8, 4) is 0 Å². The zero-order chi connectivity index (χ0) is 9.80. The molecule has 76 valence electrons. The van der Waals surface area contributed by atoms with Gasteiger partial charge in [-0.3, -0.25) is 0 Å². The molecule has 2 N–H and O–H groups in total. The molecule has 0 aliphatic carbocycles. The maximum absolute atomic E-state index is 3.45. The Morgan fingerprint density at radius 3 is 3.07 bits per heavy atom. The highest BCUT2D eigenvalue weighted by Gasteiger charge is 2.14. The first-order valence-electron chi connectivity index (χ1n) is 5.38. The third kappa shape index (κ3) is 2.07. The van der Waals surface area contributed by atoms with Crippen molar-refractivity contribution in [1.82, 2.24) is 5.32 Å². The van der Waals surface area contributed by atoms with Crippen LogP contribution in [0.25, 0.3) is 0 Å². The van der Waals surface area contributed by atoms with Gasteiger partial charge in [-0.15, -0.1) is 0 Å². The molecule has 1 fully saturated rings. The van der Waals surface area contributed by atoms with E-state index in [4.69, 9.17) is 0 Å². The second-order valence-electron chi connectivity index (χ2n) is 3.92. The van der Waals surface area contributed by atoms with Crippen molar-refractivity contribution in [2.75, 3.05) is 25.5 Å². The molecule has 2 nitrogen and oxygen atoms in total. The summed E-state index contributed by atoms with van der Waals surface area (Å²) in [6, 6.07) is 8.74. The minimum Gasteiger partial charge on any atom is -0.388 e. The normalized spacial score (nSPS) is 21.9. The summed E-state index contributed by atoms with van der Waals surface area (Å²) >= 11 is 0. The van der Waals surface area contributed by atoms with Crippen LogP contribution in [0.2, 0.25) is 0 Å². The molecule has 1 aromatic rings. The molecule has 1 unspecified atom stereocenters. The average molecular weight is 190 g/mol. The monoisotopic (exact) mass is 190 g/mol. The van der Waals surface area contributed by atoms with Gasteiger partial charge in [0, 0.05) is 19.3 Å². The summed E-state index contributed by atoms with van der Waals surface area (Å²) in [5.41, 5.74) is 2.68. The van der Waals surface area contributed by atoms with Crippen molar-refractivity contribution in [3.05, 3.63) is 29.8 Å². The first kappa shape index (κ1) is 9.53. The Kier molecular flexibility index (Phi) is 3.04. The van der Waals surface area contributed by atoms with Gasteiger partial charge < -0.3 is 10.6 Å². The summed E-state index contributed by atoms with van der Waals surface area (Å²) in [4.78, 5) is 0. The smallest absolute Gasteiger partial charge is 0.0340 e. The topological polar surface area (TPSA) is 24.1 Å². The van der Waals surface area contributed by atoms with Gasteiger partial charge in [-0.1, -0.05) is 12.1 Å². The van der Waals surface area contributed by atoms with Gasteiger partial charge in [0.15, 0.2) is 0 Å². The van der Waals surface area contributed by atoms with Gasteiger partial charge in [-0.2, -0.15) is 0 Å². The Morgan fingerprint density at radius 1 is 1.43 bits per heavy atom. The summed E-state index contributed by atoms with van der Waals surface area (Å²) in [6.45, 7) is 2.31. The van der Waals surface area contributed by atoms with Crippen LogP contribution in [0, 0.1) is 0 Å². The summed E-state index contributed by atoms with van der Waals surface area (Å²) in [5, 5.41) is 6.64. The van der Waals surface area contributed by atoms with Crippen LogP contribution in [0.3, 0.4) is 0 Å². The SMILES string of the molecule is CNc1cccc(C2CCCNC2)c1. The molecular weight excluding hydrogens is 172 g/mol. The Balaban J connectivity index is 2.13. The molecule has 1 aliphatic heterocycles. The molecule has 1 atom stereocenters. The molecule has 0 radical (unpaired) electrons. The summed E-state index contributed by atoms with van der Waals surface area (Å²) in [7, 11) is 1.97. The molecule has 0 saturated carbocycles. The number of piperidine rings is 1. The Morgan fingerprint density at radius 2 is 2.36 bits per heavy atom. The molecule has 2 rings (SSSR count). The van der Waals surface area contributed by atoms with Gasteiger partial charge >= 0.3 is 0 Å². The number of hydrogen-bond donors (Lipinski definition) is 2. The Labute approximate surface area is 85.7 Å². The van der Waals surface area contributed by atoms with Crippen LogP contribution >= 0.6 is 0 Å². The van der Waals surface area contributed by atoms with Crippen LogP contribution < -0.4 is 10.6 Å². The quantitative estimate of drug-likeness (QED) is 0.747.